The number of hydrogen-bond acceptors (Lipinski definition) is 2. The highest BCUT2D eigenvalue weighted by Crippen LogP contribution is 2.31. The first-order valence-electron chi connectivity index (χ1n) is 5.91. The molecule has 0 saturated heterocycles. The van der Waals surface area contributed by atoms with Crippen molar-refractivity contribution in [2.45, 2.75) is 27.2 Å². The standard InChI is InChI=1S/C14H21NO2/c1-10(2)14(9-15,13(16)17)8-12-6-4-11(3)5-7-12/h4-7,10H,8-9,15H2,1-3H3,(H,16,17). The molecule has 0 fully saturated rings. The van der Waals surface area contributed by atoms with Gasteiger partial charge < -0.3 is 10.8 Å². The second-order valence-corrected chi connectivity index (χ2v) is 4.98. The molecule has 3 N–H and O–H groups in total. The van der Waals surface area contributed by atoms with Gasteiger partial charge in [-0.1, -0.05) is 43.7 Å². The number of aryl methyl sites for hydroxylation is 1. The number of hydrogen-bond donors (Lipinski definition) is 2. The monoisotopic (exact) mass is 235 g/mol. The summed E-state index contributed by atoms with van der Waals surface area (Å²) in [7, 11) is 0. The minimum absolute atomic E-state index is 0.00584. The maximum Gasteiger partial charge on any atom is 0.311 e. The Bertz CT molecular complexity index is 384. The summed E-state index contributed by atoms with van der Waals surface area (Å²) < 4.78 is 0. The zero-order valence-electron chi connectivity index (χ0n) is 10.7. The van der Waals surface area contributed by atoms with E-state index in [1.807, 2.05) is 45.0 Å². The summed E-state index contributed by atoms with van der Waals surface area (Å²) >= 11 is 0. The van der Waals surface area contributed by atoms with Crippen LogP contribution in [0.3, 0.4) is 0 Å². The van der Waals surface area contributed by atoms with Crippen LogP contribution in [0.1, 0.15) is 25.0 Å². The zero-order valence-corrected chi connectivity index (χ0v) is 10.7. The molecule has 0 amide bonds. The Hall–Kier alpha value is -1.35. The van der Waals surface area contributed by atoms with Gasteiger partial charge in [-0.15, -0.1) is 0 Å². The van der Waals surface area contributed by atoms with Crippen molar-refractivity contribution < 1.29 is 9.90 Å². The number of nitrogens with two attached hydrogens (primary N) is 1. The van der Waals surface area contributed by atoms with Crippen molar-refractivity contribution >= 4 is 5.97 Å². The molecule has 1 atom stereocenters. The van der Waals surface area contributed by atoms with Gasteiger partial charge in [0.1, 0.15) is 0 Å². The topological polar surface area (TPSA) is 63.3 Å². The van der Waals surface area contributed by atoms with Gasteiger partial charge in [0.2, 0.25) is 0 Å². The summed E-state index contributed by atoms with van der Waals surface area (Å²) in [5.74, 6) is -0.804. The third kappa shape index (κ3) is 2.86. The van der Waals surface area contributed by atoms with E-state index >= 15 is 0 Å². The first-order chi connectivity index (χ1) is 7.92. The molecule has 0 aromatic heterocycles. The molecule has 1 aromatic carbocycles. The molecule has 0 heterocycles. The molecule has 0 saturated carbocycles. The molecular formula is C14H21NO2. The second kappa shape index (κ2) is 5.32. The molecule has 1 aromatic rings. The van der Waals surface area contributed by atoms with E-state index < -0.39 is 11.4 Å². The number of carbonyl (C=O) groups is 1. The summed E-state index contributed by atoms with van der Waals surface area (Å²) in [6, 6.07) is 7.95. The maximum absolute atomic E-state index is 11.5. The van der Waals surface area contributed by atoms with Crippen molar-refractivity contribution in [3.05, 3.63) is 35.4 Å². The van der Waals surface area contributed by atoms with E-state index in [1.165, 1.54) is 5.56 Å². The maximum atomic E-state index is 11.5. The van der Waals surface area contributed by atoms with Crippen LogP contribution in [0.5, 0.6) is 0 Å². The van der Waals surface area contributed by atoms with Crippen molar-refractivity contribution in [2.75, 3.05) is 6.54 Å². The lowest BCUT2D eigenvalue weighted by atomic mass is 9.72. The van der Waals surface area contributed by atoms with Crippen molar-refractivity contribution in [2.24, 2.45) is 17.1 Å². The Kier molecular flexibility index (Phi) is 4.29. The first kappa shape index (κ1) is 13.7. The van der Waals surface area contributed by atoms with Crippen LogP contribution in [0, 0.1) is 18.3 Å². The largest absolute Gasteiger partial charge is 0.481 e. The van der Waals surface area contributed by atoms with Gasteiger partial charge in [-0.2, -0.15) is 0 Å². The van der Waals surface area contributed by atoms with Gasteiger partial charge in [-0.05, 0) is 24.8 Å². The molecule has 17 heavy (non-hydrogen) atoms. The van der Waals surface area contributed by atoms with Crippen molar-refractivity contribution in [1.82, 2.24) is 0 Å². The highest BCUT2D eigenvalue weighted by Gasteiger charge is 2.40. The number of rotatable bonds is 5. The molecular weight excluding hydrogens is 214 g/mol. The SMILES string of the molecule is Cc1ccc(CC(CN)(C(=O)O)C(C)C)cc1. The van der Waals surface area contributed by atoms with Crippen molar-refractivity contribution in [3.63, 3.8) is 0 Å². The number of benzene rings is 1. The van der Waals surface area contributed by atoms with Crippen LogP contribution in [0.4, 0.5) is 0 Å². The number of carboxylic acids is 1. The molecule has 0 aliphatic carbocycles. The summed E-state index contributed by atoms with van der Waals surface area (Å²) in [4.78, 5) is 11.5. The van der Waals surface area contributed by atoms with Gasteiger partial charge in [0.05, 0.1) is 5.41 Å². The Morgan fingerprint density at radius 2 is 1.88 bits per heavy atom. The number of aliphatic carboxylic acids is 1. The summed E-state index contributed by atoms with van der Waals surface area (Å²) in [5.41, 5.74) is 7.04. The third-order valence-electron chi connectivity index (χ3n) is 3.54. The minimum Gasteiger partial charge on any atom is -0.481 e. The van der Waals surface area contributed by atoms with Crippen LogP contribution >= 0.6 is 0 Å². The van der Waals surface area contributed by atoms with Gasteiger partial charge in [-0.3, -0.25) is 4.79 Å². The Labute approximate surface area is 103 Å². The fourth-order valence-electron chi connectivity index (χ4n) is 1.99. The molecule has 3 heteroatoms. The minimum atomic E-state index is -0.866. The molecule has 0 radical (unpaired) electrons. The smallest absolute Gasteiger partial charge is 0.311 e. The van der Waals surface area contributed by atoms with Crippen LogP contribution in [0.15, 0.2) is 24.3 Å². The predicted octanol–water partition coefficient (Wildman–Crippen LogP) is 2.22. The van der Waals surface area contributed by atoms with Crippen LogP contribution in [-0.4, -0.2) is 17.6 Å². The zero-order chi connectivity index (χ0) is 13.1. The molecule has 0 spiro atoms. The van der Waals surface area contributed by atoms with Crippen LogP contribution in [0.2, 0.25) is 0 Å². The lowest BCUT2D eigenvalue weighted by molar-refractivity contribution is -0.151. The lowest BCUT2D eigenvalue weighted by Crippen LogP contribution is -2.45. The van der Waals surface area contributed by atoms with E-state index in [0.29, 0.717) is 6.42 Å². The molecule has 0 aliphatic heterocycles. The van der Waals surface area contributed by atoms with E-state index in [1.54, 1.807) is 0 Å². The second-order valence-electron chi connectivity index (χ2n) is 4.98. The number of carboxylic acid groups (broad SMARTS) is 1. The van der Waals surface area contributed by atoms with E-state index in [2.05, 4.69) is 0 Å². The Balaban J connectivity index is 3.01. The molecule has 94 valence electrons. The summed E-state index contributed by atoms with van der Waals surface area (Å²) in [5, 5.41) is 9.43. The molecule has 3 nitrogen and oxygen atoms in total. The van der Waals surface area contributed by atoms with E-state index in [4.69, 9.17) is 5.73 Å². The van der Waals surface area contributed by atoms with E-state index in [-0.39, 0.29) is 12.5 Å². The van der Waals surface area contributed by atoms with Crippen LogP contribution < -0.4 is 5.73 Å². The highest BCUT2D eigenvalue weighted by molar-refractivity contribution is 5.75. The van der Waals surface area contributed by atoms with Gasteiger partial charge in [0, 0.05) is 6.54 Å². The van der Waals surface area contributed by atoms with Gasteiger partial charge in [0.25, 0.3) is 0 Å². The molecule has 1 rings (SSSR count). The average molecular weight is 235 g/mol. The first-order valence-corrected chi connectivity index (χ1v) is 5.91. The molecule has 1 unspecified atom stereocenters. The predicted molar refractivity (Wildman–Crippen MR) is 68.8 cm³/mol. The van der Waals surface area contributed by atoms with Crippen molar-refractivity contribution in [1.29, 1.82) is 0 Å². The van der Waals surface area contributed by atoms with Crippen molar-refractivity contribution in [3.8, 4) is 0 Å². The summed E-state index contributed by atoms with van der Waals surface area (Å²) in [6.45, 7) is 6.00. The van der Waals surface area contributed by atoms with E-state index in [9.17, 15) is 9.90 Å². The lowest BCUT2D eigenvalue weighted by Gasteiger charge is -2.32. The molecule has 0 bridgehead atoms. The summed E-state index contributed by atoms with van der Waals surface area (Å²) in [6.07, 6.45) is 0.483. The average Bonchev–Trinajstić information content (AvgIpc) is 2.27. The third-order valence-corrected chi connectivity index (χ3v) is 3.54. The van der Waals surface area contributed by atoms with E-state index in [0.717, 1.165) is 5.56 Å². The Morgan fingerprint density at radius 3 is 2.24 bits per heavy atom. The van der Waals surface area contributed by atoms with Crippen LogP contribution in [0.25, 0.3) is 0 Å². The Morgan fingerprint density at radius 1 is 1.35 bits per heavy atom. The fourth-order valence-corrected chi connectivity index (χ4v) is 1.99. The normalized spacial score (nSPS) is 14.6. The quantitative estimate of drug-likeness (QED) is 0.822. The van der Waals surface area contributed by atoms with Gasteiger partial charge in [-0.25, -0.2) is 0 Å². The van der Waals surface area contributed by atoms with Gasteiger partial charge in [0.15, 0.2) is 0 Å². The molecule has 0 aliphatic rings. The highest BCUT2D eigenvalue weighted by atomic mass is 16.4. The fraction of sp³-hybridized carbons (Fsp3) is 0.500. The van der Waals surface area contributed by atoms with Gasteiger partial charge >= 0.3 is 5.97 Å². The van der Waals surface area contributed by atoms with Crippen LogP contribution in [-0.2, 0) is 11.2 Å².